The van der Waals surface area contributed by atoms with Gasteiger partial charge in [-0.1, -0.05) is 45.7 Å². The quantitative estimate of drug-likeness (QED) is 0.492. The van der Waals surface area contributed by atoms with Gasteiger partial charge in [-0.2, -0.15) is 0 Å². The second kappa shape index (κ2) is 10.5. The number of carbonyl (C=O) groups excluding carboxylic acids is 2. The fraction of sp³-hybridized carbons (Fsp3) is 0.464. The number of hydrogen-bond acceptors (Lipinski definition) is 4. The minimum absolute atomic E-state index is 0.0684. The number of aryl methyl sites for hydroxylation is 1. The third-order valence-electron chi connectivity index (χ3n) is 6.72. The van der Waals surface area contributed by atoms with Crippen LogP contribution in [0.15, 0.2) is 42.5 Å². The maximum Gasteiger partial charge on any atom is 0.262 e. The summed E-state index contributed by atoms with van der Waals surface area (Å²) in [4.78, 5) is 29.4. The molecule has 0 radical (unpaired) electrons. The Kier molecular flexibility index (Phi) is 7.43. The lowest BCUT2D eigenvalue weighted by Crippen LogP contribution is -2.31. The van der Waals surface area contributed by atoms with Crippen molar-refractivity contribution in [2.45, 2.75) is 58.3 Å². The van der Waals surface area contributed by atoms with Gasteiger partial charge >= 0.3 is 0 Å². The number of imidazole rings is 1. The molecule has 2 aromatic carbocycles. The Hall–Kier alpha value is -3.35. The Morgan fingerprint density at radius 1 is 1.09 bits per heavy atom. The highest BCUT2D eigenvalue weighted by molar-refractivity contribution is 5.94. The molecule has 0 bridgehead atoms. The maximum atomic E-state index is 12.4. The number of carbonyl (C=O) groups is 2. The van der Waals surface area contributed by atoms with Crippen molar-refractivity contribution in [3.8, 4) is 5.75 Å². The van der Waals surface area contributed by atoms with E-state index in [0.717, 1.165) is 42.5 Å². The van der Waals surface area contributed by atoms with Gasteiger partial charge in [0.25, 0.3) is 5.91 Å². The monoisotopic (exact) mass is 476 g/mol. The summed E-state index contributed by atoms with van der Waals surface area (Å²) in [6.07, 6.45) is 4.96. The van der Waals surface area contributed by atoms with Crippen molar-refractivity contribution in [1.29, 1.82) is 0 Å². The van der Waals surface area contributed by atoms with Crippen LogP contribution in [0.5, 0.6) is 5.75 Å². The van der Waals surface area contributed by atoms with Crippen molar-refractivity contribution in [3.63, 3.8) is 0 Å². The van der Waals surface area contributed by atoms with E-state index in [0.29, 0.717) is 24.4 Å². The van der Waals surface area contributed by atoms with E-state index in [-0.39, 0.29) is 29.8 Å². The first-order chi connectivity index (χ1) is 16.7. The normalized spacial score (nSPS) is 14.3. The van der Waals surface area contributed by atoms with Crippen LogP contribution in [0.2, 0.25) is 0 Å². The average Bonchev–Trinajstić information content (AvgIpc) is 3.46. The fourth-order valence-corrected chi connectivity index (χ4v) is 4.58. The Labute approximate surface area is 207 Å². The molecule has 0 spiro atoms. The predicted octanol–water partition coefficient (Wildman–Crippen LogP) is 4.74. The molecular formula is C28H36N4O3. The van der Waals surface area contributed by atoms with Gasteiger partial charge < -0.3 is 19.9 Å². The molecular weight excluding hydrogens is 440 g/mol. The van der Waals surface area contributed by atoms with Crippen molar-refractivity contribution >= 4 is 28.5 Å². The van der Waals surface area contributed by atoms with Crippen LogP contribution in [-0.2, 0) is 28.5 Å². The Balaban J connectivity index is 1.30. The number of aromatic nitrogens is 2. The first kappa shape index (κ1) is 24.8. The van der Waals surface area contributed by atoms with E-state index in [9.17, 15) is 9.59 Å². The smallest absolute Gasteiger partial charge is 0.262 e. The zero-order valence-corrected chi connectivity index (χ0v) is 21.2. The fourth-order valence-electron chi connectivity index (χ4n) is 4.58. The largest absolute Gasteiger partial charge is 0.484 e. The number of nitrogens with one attached hydrogen (secondary N) is 2. The molecule has 186 valence electrons. The van der Waals surface area contributed by atoms with Crippen molar-refractivity contribution in [3.05, 3.63) is 53.9 Å². The third kappa shape index (κ3) is 6.21. The van der Waals surface area contributed by atoms with Crippen LogP contribution in [0, 0.1) is 5.92 Å². The highest BCUT2D eigenvalue weighted by Crippen LogP contribution is 2.25. The van der Waals surface area contributed by atoms with Gasteiger partial charge in [-0.3, -0.25) is 9.59 Å². The summed E-state index contributed by atoms with van der Waals surface area (Å²) in [5, 5.41) is 5.94. The lowest BCUT2D eigenvalue weighted by Gasteiger charge is -2.19. The highest BCUT2D eigenvalue weighted by atomic mass is 16.5. The molecule has 1 heterocycles. The standard InChI is InChI=1S/C28H36N4O3/c1-28(2,3)20-9-12-22(13-10-20)35-18-26(33)30-21-11-14-24-23(17-21)31-25(32(24)4)15-16-29-27(34)19-7-5-6-8-19/h9-14,17,19H,5-8,15-16,18H2,1-4H3,(H,29,34)(H,30,33). The van der Waals surface area contributed by atoms with Crippen molar-refractivity contribution in [2.75, 3.05) is 18.5 Å². The first-order valence-electron chi connectivity index (χ1n) is 12.5. The molecule has 0 unspecified atom stereocenters. The van der Waals surface area contributed by atoms with E-state index in [1.54, 1.807) is 0 Å². The van der Waals surface area contributed by atoms with Crippen LogP contribution in [0.25, 0.3) is 11.0 Å². The number of fused-ring (bicyclic) bond motifs is 1. The number of hydrogen-bond donors (Lipinski definition) is 2. The Morgan fingerprint density at radius 3 is 2.49 bits per heavy atom. The molecule has 7 nitrogen and oxygen atoms in total. The van der Waals surface area contributed by atoms with E-state index in [2.05, 4.69) is 31.4 Å². The van der Waals surface area contributed by atoms with Gasteiger partial charge in [0.05, 0.1) is 11.0 Å². The molecule has 2 N–H and O–H groups in total. The predicted molar refractivity (Wildman–Crippen MR) is 139 cm³/mol. The minimum atomic E-state index is -0.227. The van der Waals surface area contributed by atoms with Gasteiger partial charge in [-0.05, 0) is 54.2 Å². The van der Waals surface area contributed by atoms with Gasteiger partial charge in [-0.15, -0.1) is 0 Å². The first-order valence-corrected chi connectivity index (χ1v) is 12.5. The van der Waals surface area contributed by atoms with Gasteiger partial charge in [0, 0.05) is 31.6 Å². The molecule has 0 saturated heterocycles. The number of anilines is 1. The third-order valence-corrected chi connectivity index (χ3v) is 6.72. The molecule has 0 atom stereocenters. The van der Waals surface area contributed by atoms with E-state index < -0.39 is 0 Å². The van der Waals surface area contributed by atoms with Crippen LogP contribution in [0.4, 0.5) is 5.69 Å². The second-order valence-electron chi connectivity index (χ2n) is 10.4. The molecule has 7 heteroatoms. The van der Waals surface area contributed by atoms with E-state index in [1.165, 1.54) is 5.56 Å². The minimum Gasteiger partial charge on any atom is -0.484 e. The number of benzene rings is 2. The molecule has 4 rings (SSSR count). The molecule has 1 aliphatic carbocycles. The van der Waals surface area contributed by atoms with Crippen LogP contribution >= 0.6 is 0 Å². The summed E-state index contributed by atoms with van der Waals surface area (Å²) < 4.78 is 7.69. The van der Waals surface area contributed by atoms with Crippen molar-refractivity contribution in [2.24, 2.45) is 13.0 Å². The van der Waals surface area contributed by atoms with E-state index >= 15 is 0 Å². The summed E-state index contributed by atoms with van der Waals surface area (Å²) >= 11 is 0. The van der Waals surface area contributed by atoms with Crippen LogP contribution in [0.1, 0.15) is 57.8 Å². The lowest BCUT2D eigenvalue weighted by atomic mass is 9.87. The Bertz CT molecular complexity index is 1190. The molecule has 3 aromatic rings. The summed E-state index contributed by atoms with van der Waals surface area (Å²) in [5.41, 5.74) is 3.75. The van der Waals surface area contributed by atoms with Gasteiger partial charge in [-0.25, -0.2) is 4.98 Å². The zero-order valence-electron chi connectivity index (χ0n) is 21.2. The van der Waals surface area contributed by atoms with Crippen LogP contribution < -0.4 is 15.4 Å². The molecule has 1 aliphatic rings. The van der Waals surface area contributed by atoms with Gasteiger partial charge in [0.2, 0.25) is 5.91 Å². The van der Waals surface area contributed by atoms with Crippen LogP contribution in [0.3, 0.4) is 0 Å². The summed E-state index contributed by atoms with van der Waals surface area (Å²) in [5.74, 6) is 1.68. The summed E-state index contributed by atoms with van der Waals surface area (Å²) in [7, 11) is 1.97. The number of nitrogens with zero attached hydrogens (tertiary/aromatic N) is 2. The molecule has 1 aromatic heterocycles. The summed E-state index contributed by atoms with van der Waals surface area (Å²) in [6.45, 7) is 6.98. The molecule has 1 saturated carbocycles. The number of rotatable bonds is 8. The van der Waals surface area contributed by atoms with Gasteiger partial charge in [0.1, 0.15) is 11.6 Å². The molecule has 0 aliphatic heterocycles. The Morgan fingerprint density at radius 2 is 1.80 bits per heavy atom. The van der Waals surface area contributed by atoms with Crippen molar-refractivity contribution < 1.29 is 14.3 Å². The van der Waals surface area contributed by atoms with E-state index in [4.69, 9.17) is 9.72 Å². The highest BCUT2D eigenvalue weighted by Gasteiger charge is 2.22. The van der Waals surface area contributed by atoms with Gasteiger partial charge in [0.15, 0.2) is 6.61 Å². The summed E-state index contributed by atoms with van der Waals surface area (Å²) in [6, 6.07) is 13.5. The SMILES string of the molecule is Cn1c(CCNC(=O)C2CCCC2)nc2cc(NC(=O)COc3ccc(C(C)(C)C)cc3)ccc21. The zero-order chi connectivity index (χ0) is 25.0. The number of ether oxygens (including phenoxy) is 1. The van der Waals surface area contributed by atoms with Crippen molar-refractivity contribution in [1.82, 2.24) is 14.9 Å². The molecule has 35 heavy (non-hydrogen) atoms. The average molecular weight is 477 g/mol. The lowest BCUT2D eigenvalue weighted by molar-refractivity contribution is -0.124. The maximum absolute atomic E-state index is 12.4. The second-order valence-corrected chi connectivity index (χ2v) is 10.4. The topological polar surface area (TPSA) is 85.3 Å². The number of amides is 2. The van der Waals surface area contributed by atoms with E-state index in [1.807, 2.05) is 54.1 Å². The molecule has 2 amide bonds. The molecule has 1 fully saturated rings. The van der Waals surface area contributed by atoms with Crippen LogP contribution in [-0.4, -0.2) is 34.5 Å².